The topological polar surface area (TPSA) is 92.8 Å². The highest BCUT2D eigenvalue weighted by Gasteiger charge is 2.60. The second-order valence-corrected chi connectivity index (χ2v) is 9.97. The number of nitrogens with zero attached hydrogens (tertiary/aromatic N) is 1. The zero-order valence-electron chi connectivity index (χ0n) is 18.7. The van der Waals surface area contributed by atoms with Gasteiger partial charge >= 0.3 is 5.97 Å². The van der Waals surface area contributed by atoms with Gasteiger partial charge in [0, 0.05) is 10.2 Å². The first-order valence-corrected chi connectivity index (χ1v) is 11.9. The zero-order chi connectivity index (χ0) is 24.1. The molecule has 4 atom stereocenters. The molecule has 5 rings (SSSR count). The Bertz CT molecular complexity index is 1270. The molecule has 2 bridgehead atoms. The molecular formula is C26H23BrN2O5. The summed E-state index contributed by atoms with van der Waals surface area (Å²) < 4.78 is 6.09. The van der Waals surface area contributed by atoms with Crippen LogP contribution in [0.25, 0.3) is 0 Å². The van der Waals surface area contributed by atoms with Crippen LogP contribution in [0, 0.1) is 30.6 Å². The summed E-state index contributed by atoms with van der Waals surface area (Å²) in [5.74, 6) is -1.99. The lowest BCUT2D eigenvalue weighted by molar-refractivity contribution is -0.123. The van der Waals surface area contributed by atoms with Crippen molar-refractivity contribution < 1.29 is 23.9 Å². The quantitative estimate of drug-likeness (QED) is 0.360. The number of allylic oxidation sites excluding steroid dienone is 2. The van der Waals surface area contributed by atoms with E-state index in [1.54, 1.807) is 24.3 Å². The Hall–Kier alpha value is -3.26. The van der Waals surface area contributed by atoms with Gasteiger partial charge in [-0.3, -0.25) is 14.4 Å². The van der Waals surface area contributed by atoms with Gasteiger partial charge in [0.2, 0.25) is 11.8 Å². The molecule has 0 aromatic heterocycles. The molecule has 34 heavy (non-hydrogen) atoms. The third kappa shape index (κ3) is 3.76. The fourth-order valence-corrected chi connectivity index (χ4v) is 5.68. The Morgan fingerprint density at radius 2 is 1.85 bits per heavy atom. The number of nitrogens with one attached hydrogen (secondary N) is 1. The molecule has 2 aliphatic carbocycles. The van der Waals surface area contributed by atoms with Crippen LogP contribution >= 0.6 is 15.9 Å². The number of benzene rings is 2. The van der Waals surface area contributed by atoms with E-state index in [0.717, 1.165) is 16.5 Å². The summed E-state index contributed by atoms with van der Waals surface area (Å²) in [7, 11) is 0. The SMILES string of the molecule is CC1=C[C@H]2C[C@H]1[C@@H]1C(=O)N(c3cccc(C(=O)OCC(=O)Nc4ccc(Br)c(C)c4)c3)C(=O)[C@H]12. The third-order valence-corrected chi connectivity index (χ3v) is 7.89. The van der Waals surface area contributed by atoms with Crippen LogP contribution in [-0.2, 0) is 19.1 Å². The standard InChI is InChI=1S/C26H23BrN2O5/c1-13-8-16-11-19(13)23-22(16)24(31)29(25(23)32)18-5-3-4-15(10-18)26(33)34-12-21(30)28-17-6-7-20(27)14(2)9-17/h3-10,16,19,22-23H,11-12H2,1-2H3,(H,28,30)/t16-,19+,22-,23-/m0/s1. The average molecular weight is 523 g/mol. The second kappa shape index (κ2) is 8.51. The predicted molar refractivity (Wildman–Crippen MR) is 129 cm³/mol. The molecule has 2 aromatic carbocycles. The average Bonchev–Trinajstić information content (AvgIpc) is 3.45. The van der Waals surface area contributed by atoms with Gasteiger partial charge in [0.15, 0.2) is 6.61 Å². The number of amides is 3. The Morgan fingerprint density at radius 1 is 1.09 bits per heavy atom. The summed E-state index contributed by atoms with van der Waals surface area (Å²) in [4.78, 5) is 52.3. The number of carbonyl (C=O) groups excluding carboxylic acids is 4. The highest BCUT2D eigenvalue weighted by atomic mass is 79.9. The van der Waals surface area contributed by atoms with Gasteiger partial charge in [0.1, 0.15) is 0 Å². The molecule has 1 saturated heterocycles. The summed E-state index contributed by atoms with van der Waals surface area (Å²) >= 11 is 3.40. The zero-order valence-corrected chi connectivity index (χ0v) is 20.3. The summed E-state index contributed by atoms with van der Waals surface area (Å²) in [6.45, 7) is 3.46. The monoisotopic (exact) mass is 522 g/mol. The molecule has 2 fully saturated rings. The van der Waals surface area contributed by atoms with Gasteiger partial charge in [-0.2, -0.15) is 0 Å². The Labute approximate surface area is 205 Å². The number of carbonyl (C=O) groups is 4. The first kappa shape index (κ1) is 22.5. The van der Waals surface area contributed by atoms with E-state index in [1.807, 2.05) is 19.9 Å². The largest absolute Gasteiger partial charge is 0.452 e. The molecule has 1 N–H and O–H groups in total. The van der Waals surface area contributed by atoms with Crippen molar-refractivity contribution >= 4 is 51.0 Å². The van der Waals surface area contributed by atoms with Crippen molar-refractivity contribution in [1.82, 2.24) is 0 Å². The first-order valence-electron chi connectivity index (χ1n) is 11.1. The molecule has 1 heterocycles. The van der Waals surface area contributed by atoms with Crippen LogP contribution in [0.5, 0.6) is 0 Å². The van der Waals surface area contributed by atoms with E-state index in [-0.39, 0.29) is 41.0 Å². The van der Waals surface area contributed by atoms with Gasteiger partial charge in [-0.1, -0.05) is 33.6 Å². The summed E-state index contributed by atoms with van der Waals surface area (Å²) in [5.41, 5.74) is 3.26. The molecule has 2 aromatic rings. The molecule has 0 spiro atoms. The third-order valence-electron chi connectivity index (χ3n) is 7.00. The molecule has 174 valence electrons. The minimum atomic E-state index is -0.708. The van der Waals surface area contributed by atoms with E-state index in [2.05, 4.69) is 27.3 Å². The van der Waals surface area contributed by atoms with Crippen molar-refractivity contribution in [3.63, 3.8) is 0 Å². The lowest BCUT2D eigenvalue weighted by Crippen LogP contribution is -2.33. The van der Waals surface area contributed by atoms with E-state index < -0.39 is 18.5 Å². The summed E-state index contributed by atoms with van der Waals surface area (Å²) in [5, 5.41) is 2.69. The molecule has 3 amide bonds. The first-order chi connectivity index (χ1) is 16.2. The minimum absolute atomic E-state index is 0.109. The van der Waals surface area contributed by atoms with E-state index in [1.165, 1.54) is 22.6 Å². The molecule has 1 aliphatic heterocycles. The van der Waals surface area contributed by atoms with Crippen LogP contribution in [0.15, 0.2) is 58.6 Å². The van der Waals surface area contributed by atoms with Gasteiger partial charge in [0.05, 0.1) is 23.1 Å². The molecule has 0 unspecified atom stereocenters. The van der Waals surface area contributed by atoms with Crippen LogP contribution in [0.1, 0.15) is 29.3 Å². The Kier molecular flexibility index (Phi) is 5.64. The number of rotatable bonds is 5. The van der Waals surface area contributed by atoms with Gasteiger partial charge in [-0.05, 0) is 74.1 Å². The molecule has 1 saturated carbocycles. The van der Waals surface area contributed by atoms with Crippen molar-refractivity contribution in [2.75, 3.05) is 16.8 Å². The highest BCUT2D eigenvalue weighted by Crippen LogP contribution is 2.55. The van der Waals surface area contributed by atoms with Gasteiger partial charge in [-0.15, -0.1) is 0 Å². The van der Waals surface area contributed by atoms with Gasteiger partial charge in [0.25, 0.3) is 5.91 Å². The number of fused-ring (bicyclic) bond motifs is 5. The van der Waals surface area contributed by atoms with Crippen LogP contribution < -0.4 is 10.2 Å². The van der Waals surface area contributed by atoms with Crippen molar-refractivity contribution in [2.24, 2.45) is 23.7 Å². The van der Waals surface area contributed by atoms with E-state index in [4.69, 9.17) is 4.74 Å². The highest BCUT2D eigenvalue weighted by molar-refractivity contribution is 9.10. The van der Waals surface area contributed by atoms with Crippen LogP contribution in [0.2, 0.25) is 0 Å². The normalized spacial score (nSPS) is 24.8. The second-order valence-electron chi connectivity index (χ2n) is 9.12. The number of halogens is 1. The Balaban J connectivity index is 1.25. The van der Waals surface area contributed by atoms with Crippen LogP contribution in [0.3, 0.4) is 0 Å². The summed E-state index contributed by atoms with van der Waals surface area (Å²) in [6.07, 6.45) is 2.98. The van der Waals surface area contributed by atoms with Crippen molar-refractivity contribution in [3.05, 3.63) is 69.7 Å². The molecular weight excluding hydrogens is 500 g/mol. The maximum atomic E-state index is 13.2. The molecule has 7 nitrogen and oxygen atoms in total. The van der Waals surface area contributed by atoms with Crippen LogP contribution in [-0.4, -0.2) is 30.3 Å². The molecule has 8 heteroatoms. The fourth-order valence-electron chi connectivity index (χ4n) is 5.43. The maximum absolute atomic E-state index is 13.2. The Morgan fingerprint density at radius 3 is 2.62 bits per heavy atom. The smallest absolute Gasteiger partial charge is 0.338 e. The molecule has 3 aliphatic rings. The predicted octanol–water partition coefficient (Wildman–Crippen LogP) is 4.25. The van der Waals surface area contributed by atoms with Crippen molar-refractivity contribution in [3.8, 4) is 0 Å². The number of anilines is 2. The van der Waals surface area contributed by atoms with E-state index >= 15 is 0 Å². The number of aryl methyl sites for hydroxylation is 1. The maximum Gasteiger partial charge on any atom is 0.338 e. The number of hydrogen-bond acceptors (Lipinski definition) is 5. The lowest BCUT2D eigenvalue weighted by Gasteiger charge is -2.19. The number of hydrogen-bond donors (Lipinski definition) is 1. The number of esters is 1. The number of imide groups is 1. The van der Waals surface area contributed by atoms with E-state index in [9.17, 15) is 19.2 Å². The lowest BCUT2D eigenvalue weighted by atomic mass is 9.82. The minimum Gasteiger partial charge on any atom is -0.452 e. The van der Waals surface area contributed by atoms with Gasteiger partial charge in [-0.25, -0.2) is 9.69 Å². The number of ether oxygens (including phenoxy) is 1. The van der Waals surface area contributed by atoms with E-state index in [0.29, 0.717) is 11.4 Å². The molecule has 0 radical (unpaired) electrons. The van der Waals surface area contributed by atoms with Gasteiger partial charge < -0.3 is 10.1 Å². The summed E-state index contributed by atoms with van der Waals surface area (Å²) in [6, 6.07) is 11.6. The van der Waals surface area contributed by atoms with Crippen molar-refractivity contribution in [2.45, 2.75) is 20.3 Å². The van der Waals surface area contributed by atoms with Crippen LogP contribution in [0.4, 0.5) is 11.4 Å². The van der Waals surface area contributed by atoms with Crippen molar-refractivity contribution in [1.29, 1.82) is 0 Å². The fraction of sp³-hybridized carbons (Fsp3) is 0.308.